The SMILES string of the molecule is COc1cc(C(=O)O)cc(C)n1.Cl. The van der Waals surface area contributed by atoms with Crippen LogP contribution in [0.3, 0.4) is 0 Å². The van der Waals surface area contributed by atoms with Crippen LogP contribution in [0.15, 0.2) is 12.1 Å². The standard InChI is InChI=1S/C8H9NO3.ClH/c1-5-3-6(8(10)11)4-7(9-5)12-2;/h3-4H,1-2H3,(H,10,11);1H. The molecule has 13 heavy (non-hydrogen) atoms. The number of methoxy groups -OCH3 is 1. The van der Waals surface area contributed by atoms with Gasteiger partial charge in [-0.1, -0.05) is 0 Å². The third kappa shape index (κ3) is 2.91. The van der Waals surface area contributed by atoms with E-state index >= 15 is 0 Å². The van der Waals surface area contributed by atoms with Crippen molar-refractivity contribution in [2.24, 2.45) is 0 Å². The monoisotopic (exact) mass is 203 g/mol. The highest BCUT2D eigenvalue weighted by Gasteiger charge is 2.05. The molecule has 0 radical (unpaired) electrons. The van der Waals surface area contributed by atoms with Crippen LogP contribution in [0.5, 0.6) is 5.88 Å². The zero-order valence-corrected chi connectivity index (χ0v) is 8.09. The Bertz CT molecular complexity index is 314. The number of hydrogen-bond donors (Lipinski definition) is 1. The molecule has 72 valence electrons. The summed E-state index contributed by atoms with van der Waals surface area (Å²) < 4.78 is 4.81. The summed E-state index contributed by atoms with van der Waals surface area (Å²) >= 11 is 0. The van der Waals surface area contributed by atoms with Crippen LogP contribution in [-0.4, -0.2) is 23.2 Å². The summed E-state index contributed by atoms with van der Waals surface area (Å²) in [6.07, 6.45) is 0. The molecule has 0 amide bonds. The highest BCUT2D eigenvalue weighted by molar-refractivity contribution is 5.88. The first-order valence-corrected chi connectivity index (χ1v) is 3.39. The Balaban J connectivity index is 0.00000144. The van der Waals surface area contributed by atoms with Crippen molar-refractivity contribution in [1.82, 2.24) is 4.98 Å². The number of carboxylic acid groups (broad SMARTS) is 1. The molecular weight excluding hydrogens is 194 g/mol. The van der Waals surface area contributed by atoms with Crippen LogP contribution in [0.2, 0.25) is 0 Å². The predicted molar refractivity (Wildman–Crippen MR) is 49.7 cm³/mol. The zero-order chi connectivity index (χ0) is 9.14. The highest BCUT2D eigenvalue weighted by Crippen LogP contribution is 2.11. The summed E-state index contributed by atoms with van der Waals surface area (Å²) in [5.41, 5.74) is 0.825. The number of carboxylic acids is 1. The molecular formula is C8H10ClNO3. The molecule has 1 heterocycles. The number of hydrogen-bond acceptors (Lipinski definition) is 3. The van der Waals surface area contributed by atoms with E-state index in [-0.39, 0.29) is 18.0 Å². The van der Waals surface area contributed by atoms with Crippen LogP contribution in [0.1, 0.15) is 16.1 Å². The Morgan fingerprint density at radius 3 is 2.62 bits per heavy atom. The third-order valence-corrected chi connectivity index (χ3v) is 1.39. The molecule has 0 aliphatic heterocycles. The van der Waals surface area contributed by atoms with Gasteiger partial charge in [-0.15, -0.1) is 12.4 Å². The van der Waals surface area contributed by atoms with Crippen molar-refractivity contribution in [2.45, 2.75) is 6.92 Å². The number of aryl methyl sites for hydroxylation is 1. The molecule has 0 saturated heterocycles. The van der Waals surface area contributed by atoms with Crippen molar-refractivity contribution in [1.29, 1.82) is 0 Å². The molecule has 0 atom stereocenters. The Labute approximate surface area is 82.0 Å². The average Bonchev–Trinajstić information content (AvgIpc) is 2.03. The second kappa shape index (κ2) is 4.67. The number of halogens is 1. The van der Waals surface area contributed by atoms with Crippen molar-refractivity contribution in [3.8, 4) is 5.88 Å². The van der Waals surface area contributed by atoms with E-state index in [2.05, 4.69) is 4.98 Å². The number of rotatable bonds is 2. The number of pyridine rings is 1. The molecule has 1 aromatic heterocycles. The molecule has 0 unspecified atom stereocenters. The van der Waals surface area contributed by atoms with Crippen molar-refractivity contribution in [2.75, 3.05) is 7.11 Å². The lowest BCUT2D eigenvalue weighted by Crippen LogP contribution is -1.99. The number of nitrogens with zero attached hydrogens (tertiary/aromatic N) is 1. The summed E-state index contributed by atoms with van der Waals surface area (Å²) in [6, 6.07) is 2.88. The Morgan fingerprint density at radius 2 is 2.15 bits per heavy atom. The zero-order valence-electron chi connectivity index (χ0n) is 7.27. The quantitative estimate of drug-likeness (QED) is 0.792. The summed E-state index contributed by atoms with van der Waals surface area (Å²) in [5.74, 6) is -0.647. The first-order chi connectivity index (χ1) is 5.63. The molecule has 1 aromatic rings. The van der Waals surface area contributed by atoms with E-state index in [4.69, 9.17) is 9.84 Å². The molecule has 0 fully saturated rings. The van der Waals surface area contributed by atoms with Gasteiger partial charge in [0.15, 0.2) is 0 Å². The van der Waals surface area contributed by atoms with Crippen LogP contribution >= 0.6 is 12.4 Å². The molecule has 0 aromatic carbocycles. The first kappa shape index (κ1) is 11.7. The summed E-state index contributed by atoms with van der Waals surface area (Å²) in [5, 5.41) is 8.65. The van der Waals surface area contributed by atoms with Crippen LogP contribution in [-0.2, 0) is 0 Å². The van der Waals surface area contributed by atoms with Gasteiger partial charge in [0.25, 0.3) is 0 Å². The molecule has 0 aliphatic carbocycles. The minimum Gasteiger partial charge on any atom is -0.481 e. The minimum atomic E-state index is -0.973. The average molecular weight is 204 g/mol. The van der Waals surface area contributed by atoms with E-state index in [9.17, 15) is 4.79 Å². The molecule has 0 saturated carbocycles. The van der Waals surface area contributed by atoms with E-state index in [1.165, 1.54) is 19.2 Å². The fraction of sp³-hybridized carbons (Fsp3) is 0.250. The van der Waals surface area contributed by atoms with Crippen LogP contribution in [0, 0.1) is 6.92 Å². The Kier molecular flexibility index (Phi) is 4.20. The predicted octanol–water partition coefficient (Wildman–Crippen LogP) is 1.52. The fourth-order valence-corrected chi connectivity index (χ4v) is 0.866. The molecule has 0 spiro atoms. The largest absolute Gasteiger partial charge is 0.481 e. The second-order valence-corrected chi connectivity index (χ2v) is 2.34. The van der Waals surface area contributed by atoms with Gasteiger partial charge < -0.3 is 9.84 Å². The van der Waals surface area contributed by atoms with Crippen molar-refractivity contribution < 1.29 is 14.6 Å². The van der Waals surface area contributed by atoms with Gasteiger partial charge >= 0.3 is 5.97 Å². The summed E-state index contributed by atoms with van der Waals surface area (Å²) in [4.78, 5) is 14.5. The molecule has 0 aliphatic rings. The van der Waals surface area contributed by atoms with Gasteiger partial charge in [-0.2, -0.15) is 0 Å². The van der Waals surface area contributed by atoms with E-state index in [0.717, 1.165) is 0 Å². The number of ether oxygens (including phenoxy) is 1. The molecule has 1 rings (SSSR count). The van der Waals surface area contributed by atoms with Crippen molar-refractivity contribution in [3.05, 3.63) is 23.4 Å². The normalized spacial score (nSPS) is 8.77. The van der Waals surface area contributed by atoms with Crippen LogP contribution in [0.25, 0.3) is 0 Å². The van der Waals surface area contributed by atoms with Gasteiger partial charge in [-0.25, -0.2) is 9.78 Å². The third-order valence-electron chi connectivity index (χ3n) is 1.39. The lowest BCUT2D eigenvalue weighted by Gasteiger charge is -2.01. The van der Waals surface area contributed by atoms with Gasteiger partial charge in [-0.05, 0) is 13.0 Å². The van der Waals surface area contributed by atoms with Crippen molar-refractivity contribution >= 4 is 18.4 Å². The topological polar surface area (TPSA) is 59.4 Å². The highest BCUT2D eigenvalue weighted by atomic mass is 35.5. The van der Waals surface area contributed by atoms with E-state index in [1.54, 1.807) is 6.92 Å². The number of aromatic carboxylic acids is 1. The van der Waals surface area contributed by atoms with Crippen LogP contribution in [0.4, 0.5) is 0 Å². The van der Waals surface area contributed by atoms with Gasteiger partial charge in [0.2, 0.25) is 5.88 Å². The minimum absolute atomic E-state index is 0. The van der Waals surface area contributed by atoms with Crippen LogP contribution < -0.4 is 4.74 Å². The molecule has 1 N–H and O–H groups in total. The van der Waals surface area contributed by atoms with Gasteiger partial charge in [0, 0.05) is 11.8 Å². The number of carbonyl (C=O) groups is 1. The Morgan fingerprint density at radius 1 is 1.54 bits per heavy atom. The smallest absolute Gasteiger partial charge is 0.335 e. The maximum atomic E-state index is 10.5. The number of aromatic nitrogens is 1. The molecule has 0 bridgehead atoms. The van der Waals surface area contributed by atoms with Crippen molar-refractivity contribution in [3.63, 3.8) is 0 Å². The fourth-order valence-electron chi connectivity index (χ4n) is 0.866. The van der Waals surface area contributed by atoms with E-state index in [0.29, 0.717) is 11.6 Å². The van der Waals surface area contributed by atoms with E-state index in [1.807, 2.05) is 0 Å². The van der Waals surface area contributed by atoms with Gasteiger partial charge in [-0.3, -0.25) is 0 Å². The summed E-state index contributed by atoms with van der Waals surface area (Å²) in [7, 11) is 1.45. The first-order valence-electron chi connectivity index (χ1n) is 3.39. The second-order valence-electron chi connectivity index (χ2n) is 2.34. The maximum Gasteiger partial charge on any atom is 0.335 e. The maximum absolute atomic E-state index is 10.5. The lowest BCUT2D eigenvalue weighted by atomic mass is 10.2. The summed E-state index contributed by atoms with van der Waals surface area (Å²) in [6.45, 7) is 1.72. The van der Waals surface area contributed by atoms with E-state index < -0.39 is 5.97 Å². The van der Waals surface area contributed by atoms with Gasteiger partial charge in [0.1, 0.15) is 0 Å². The molecule has 5 heteroatoms. The molecule has 4 nitrogen and oxygen atoms in total. The lowest BCUT2D eigenvalue weighted by molar-refractivity contribution is 0.0696. The Hall–Kier alpha value is -1.29. The van der Waals surface area contributed by atoms with Gasteiger partial charge in [0.05, 0.1) is 12.7 Å².